The molecule has 1 aromatic carbocycles. The lowest BCUT2D eigenvalue weighted by atomic mass is 9.84. The number of nitrogens with one attached hydrogen (secondary N) is 2. The predicted octanol–water partition coefficient (Wildman–Crippen LogP) is 2.32. The Morgan fingerprint density at radius 3 is 2.50 bits per heavy atom. The molecule has 1 aromatic rings. The Kier molecular flexibility index (Phi) is 9.79. The maximum atomic E-state index is 13.4. The highest BCUT2D eigenvalue weighted by Gasteiger charge is 2.21. The van der Waals surface area contributed by atoms with Gasteiger partial charge in [0.1, 0.15) is 15.7 Å². The fourth-order valence-corrected chi connectivity index (χ4v) is 2.75. The normalized spacial score (nSPS) is 12.5. The summed E-state index contributed by atoms with van der Waals surface area (Å²) in [6.07, 6.45) is 1.74. The van der Waals surface area contributed by atoms with Gasteiger partial charge in [-0.2, -0.15) is 0 Å². The average Bonchev–Trinajstić information content (AvgIpc) is 2.45. The smallest absolute Gasteiger partial charge is 0.191 e. The monoisotopic (exact) mass is 471 g/mol. The summed E-state index contributed by atoms with van der Waals surface area (Å²) in [7, 11) is -1.29. The zero-order valence-electron chi connectivity index (χ0n) is 14.6. The number of halogens is 2. The van der Waals surface area contributed by atoms with Gasteiger partial charge in [-0.3, -0.25) is 4.99 Å². The number of nitrogens with zero attached hydrogens (tertiary/aromatic N) is 1. The fourth-order valence-electron chi connectivity index (χ4n) is 2.08. The molecule has 0 aliphatic rings. The molecule has 0 spiro atoms. The standard InChI is InChI=1S/C16H26FN3O2S.HI/c1-16(2,13-7-5-8-14(17)11-13)12-20-15(18-3)19-9-6-10-23(4,21)22;/h5,7-8,11H,6,9-10,12H2,1-4H3,(H2,18,19,20);1H. The van der Waals surface area contributed by atoms with Crippen LogP contribution in [-0.2, 0) is 15.3 Å². The lowest BCUT2D eigenvalue weighted by Gasteiger charge is -2.26. The van der Waals surface area contributed by atoms with E-state index in [1.54, 1.807) is 13.1 Å². The van der Waals surface area contributed by atoms with Crippen LogP contribution in [0.3, 0.4) is 0 Å². The summed E-state index contributed by atoms with van der Waals surface area (Å²) >= 11 is 0. The summed E-state index contributed by atoms with van der Waals surface area (Å²) in [4.78, 5) is 4.11. The molecule has 0 amide bonds. The van der Waals surface area contributed by atoms with Gasteiger partial charge in [0.05, 0.1) is 5.75 Å². The van der Waals surface area contributed by atoms with E-state index in [0.29, 0.717) is 25.5 Å². The fraction of sp³-hybridized carbons (Fsp3) is 0.562. The number of sulfone groups is 1. The highest BCUT2D eigenvalue weighted by Crippen LogP contribution is 2.22. The van der Waals surface area contributed by atoms with Gasteiger partial charge in [-0.05, 0) is 24.1 Å². The zero-order chi connectivity index (χ0) is 17.5. The molecule has 0 saturated carbocycles. The van der Waals surface area contributed by atoms with E-state index in [1.165, 1.54) is 18.4 Å². The largest absolute Gasteiger partial charge is 0.356 e. The van der Waals surface area contributed by atoms with Crippen molar-refractivity contribution in [1.82, 2.24) is 10.6 Å². The maximum absolute atomic E-state index is 13.4. The number of rotatable bonds is 7. The van der Waals surface area contributed by atoms with Gasteiger partial charge in [0, 0.05) is 31.8 Å². The second kappa shape index (κ2) is 10.2. The van der Waals surface area contributed by atoms with Crippen molar-refractivity contribution < 1.29 is 12.8 Å². The molecule has 0 aromatic heterocycles. The van der Waals surface area contributed by atoms with Crippen molar-refractivity contribution in [3.05, 3.63) is 35.6 Å². The van der Waals surface area contributed by atoms with Crippen molar-refractivity contribution >= 4 is 39.8 Å². The van der Waals surface area contributed by atoms with E-state index in [1.807, 2.05) is 19.9 Å². The molecule has 0 fully saturated rings. The number of aliphatic imine (C=N–C) groups is 1. The molecule has 0 unspecified atom stereocenters. The van der Waals surface area contributed by atoms with Crippen molar-refractivity contribution in [3.63, 3.8) is 0 Å². The van der Waals surface area contributed by atoms with E-state index in [-0.39, 0.29) is 41.0 Å². The van der Waals surface area contributed by atoms with Gasteiger partial charge in [-0.15, -0.1) is 24.0 Å². The molecule has 5 nitrogen and oxygen atoms in total. The van der Waals surface area contributed by atoms with Crippen LogP contribution in [0.4, 0.5) is 4.39 Å². The second-order valence-corrected chi connectivity index (χ2v) is 8.49. The minimum Gasteiger partial charge on any atom is -0.356 e. The van der Waals surface area contributed by atoms with Crippen molar-refractivity contribution in [1.29, 1.82) is 0 Å². The molecular weight excluding hydrogens is 444 g/mol. The Hall–Kier alpha value is -0.900. The number of benzene rings is 1. The van der Waals surface area contributed by atoms with Crippen molar-refractivity contribution in [2.75, 3.05) is 32.1 Å². The topological polar surface area (TPSA) is 70.6 Å². The minimum atomic E-state index is -2.94. The first-order valence-electron chi connectivity index (χ1n) is 7.52. The minimum absolute atomic E-state index is 0. The first kappa shape index (κ1) is 23.1. The van der Waals surface area contributed by atoms with Crippen LogP contribution in [0, 0.1) is 5.82 Å². The molecule has 0 aliphatic carbocycles. The van der Waals surface area contributed by atoms with E-state index in [4.69, 9.17) is 0 Å². The molecule has 1 rings (SSSR count). The van der Waals surface area contributed by atoms with E-state index in [0.717, 1.165) is 5.56 Å². The van der Waals surface area contributed by atoms with Crippen LogP contribution in [-0.4, -0.2) is 46.5 Å². The van der Waals surface area contributed by atoms with Crippen molar-refractivity contribution in [2.45, 2.75) is 25.7 Å². The third kappa shape index (κ3) is 8.81. The third-order valence-electron chi connectivity index (χ3n) is 3.51. The predicted molar refractivity (Wildman–Crippen MR) is 109 cm³/mol. The Balaban J connectivity index is 0.00000529. The third-order valence-corrected chi connectivity index (χ3v) is 4.54. The molecule has 0 atom stereocenters. The summed E-state index contributed by atoms with van der Waals surface area (Å²) in [6.45, 7) is 5.13. The van der Waals surface area contributed by atoms with Gasteiger partial charge in [0.25, 0.3) is 0 Å². The lowest BCUT2D eigenvalue weighted by Crippen LogP contribution is -2.43. The van der Waals surface area contributed by atoms with E-state index in [2.05, 4.69) is 15.6 Å². The maximum Gasteiger partial charge on any atom is 0.191 e. The van der Waals surface area contributed by atoms with Crippen LogP contribution < -0.4 is 10.6 Å². The molecule has 138 valence electrons. The van der Waals surface area contributed by atoms with Crippen LogP contribution in [0.25, 0.3) is 0 Å². The average molecular weight is 471 g/mol. The highest BCUT2D eigenvalue weighted by molar-refractivity contribution is 14.0. The van der Waals surface area contributed by atoms with Gasteiger partial charge < -0.3 is 10.6 Å². The second-order valence-electron chi connectivity index (χ2n) is 6.23. The molecule has 0 radical (unpaired) electrons. The van der Waals surface area contributed by atoms with Crippen molar-refractivity contribution in [3.8, 4) is 0 Å². The summed E-state index contributed by atoms with van der Waals surface area (Å²) < 4.78 is 35.5. The molecule has 2 N–H and O–H groups in total. The van der Waals surface area contributed by atoms with Gasteiger partial charge in [0.2, 0.25) is 0 Å². The quantitative estimate of drug-likeness (QED) is 0.277. The van der Waals surface area contributed by atoms with Crippen LogP contribution in [0.1, 0.15) is 25.8 Å². The molecule has 8 heteroatoms. The number of hydrogen-bond donors (Lipinski definition) is 2. The Morgan fingerprint density at radius 1 is 1.29 bits per heavy atom. The number of hydrogen-bond acceptors (Lipinski definition) is 3. The van der Waals surface area contributed by atoms with Crippen LogP contribution in [0.2, 0.25) is 0 Å². The van der Waals surface area contributed by atoms with Crippen LogP contribution in [0.15, 0.2) is 29.3 Å². The highest BCUT2D eigenvalue weighted by atomic mass is 127. The van der Waals surface area contributed by atoms with Gasteiger partial charge in [-0.25, -0.2) is 12.8 Å². The summed E-state index contributed by atoms with van der Waals surface area (Å²) in [6, 6.07) is 6.55. The summed E-state index contributed by atoms with van der Waals surface area (Å²) in [5.41, 5.74) is 0.629. The number of guanidine groups is 1. The van der Waals surface area contributed by atoms with E-state index < -0.39 is 9.84 Å². The molecule has 24 heavy (non-hydrogen) atoms. The van der Waals surface area contributed by atoms with Gasteiger partial charge >= 0.3 is 0 Å². The first-order chi connectivity index (χ1) is 10.6. The Labute approximate surface area is 161 Å². The van der Waals surface area contributed by atoms with E-state index >= 15 is 0 Å². The van der Waals surface area contributed by atoms with Crippen molar-refractivity contribution in [2.24, 2.45) is 4.99 Å². The first-order valence-corrected chi connectivity index (χ1v) is 9.58. The Morgan fingerprint density at radius 2 is 1.96 bits per heavy atom. The molecule has 0 heterocycles. The van der Waals surface area contributed by atoms with E-state index in [9.17, 15) is 12.8 Å². The SMILES string of the molecule is CN=C(NCCCS(C)(=O)=O)NCC(C)(C)c1cccc(F)c1.I. The van der Waals surface area contributed by atoms with Crippen LogP contribution >= 0.6 is 24.0 Å². The summed E-state index contributed by atoms with van der Waals surface area (Å²) in [5, 5.41) is 6.27. The Bertz CT molecular complexity index is 648. The molecular formula is C16H27FIN3O2S. The summed E-state index contributed by atoms with van der Waals surface area (Å²) in [5.74, 6) is 0.494. The molecule has 0 aliphatic heterocycles. The van der Waals surface area contributed by atoms with Gasteiger partial charge in [-0.1, -0.05) is 26.0 Å². The van der Waals surface area contributed by atoms with Crippen LogP contribution in [0.5, 0.6) is 0 Å². The zero-order valence-corrected chi connectivity index (χ0v) is 17.7. The molecule has 0 saturated heterocycles. The molecule has 0 bridgehead atoms. The lowest BCUT2D eigenvalue weighted by molar-refractivity contribution is 0.503. The van der Waals surface area contributed by atoms with Gasteiger partial charge in [0.15, 0.2) is 5.96 Å².